The van der Waals surface area contributed by atoms with Crippen LogP contribution in [-0.4, -0.2) is 61.4 Å². The van der Waals surface area contributed by atoms with Crippen molar-refractivity contribution in [2.24, 2.45) is 0 Å². The monoisotopic (exact) mass is 433 g/mol. The van der Waals surface area contributed by atoms with Crippen molar-refractivity contribution in [1.29, 1.82) is 0 Å². The number of nitrogens with one attached hydrogen (secondary N) is 1. The van der Waals surface area contributed by atoms with Crippen molar-refractivity contribution in [2.75, 3.05) is 25.9 Å². The van der Waals surface area contributed by atoms with Crippen LogP contribution in [0.15, 0.2) is 30.7 Å². The van der Waals surface area contributed by atoms with Crippen molar-refractivity contribution in [3.63, 3.8) is 0 Å². The molecule has 0 spiro atoms. The van der Waals surface area contributed by atoms with E-state index >= 15 is 0 Å². The highest BCUT2D eigenvalue weighted by Gasteiger charge is 2.43. The van der Waals surface area contributed by atoms with Crippen LogP contribution >= 0.6 is 0 Å². The zero-order chi connectivity index (χ0) is 22.5. The fourth-order valence-corrected chi connectivity index (χ4v) is 4.25. The summed E-state index contributed by atoms with van der Waals surface area (Å²) < 4.78 is 1.47. The maximum absolute atomic E-state index is 12.5. The van der Waals surface area contributed by atoms with Gasteiger partial charge >= 0.3 is 0 Å². The molecule has 3 heterocycles. The van der Waals surface area contributed by atoms with Gasteiger partial charge in [-0.2, -0.15) is 5.10 Å². The predicted molar refractivity (Wildman–Crippen MR) is 120 cm³/mol. The van der Waals surface area contributed by atoms with Crippen LogP contribution in [0.5, 0.6) is 0 Å². The summed E-state index contributed by atoms with van der Waals surface area (Å²) in [5.41, 5.74) is 11.6. The normalized spacial score (nSPS) is 17.1. The maximum Gasteiger partial charge on any atom is 0.254 e. The molecule has 0 radical (unpaired) electrons. The molecule has 4 N–H and O–H groups in total. The number of nitrogens with two attached hydrogens (primary N) is 1. The molecule has 2 aliphatic rings. The van der Waals surface area contributed by atoms with E-state index in [-0.39, 0.29) is 18.3 Å². The highest BCUT2D eigenvalue weighted by atomic mass is 16.3. The van der Waals surface area contributed by atoms with Gasteiger partial charge in [-0.25, -0.2) is 14.6 Å². The number of rotatable bonds is 5. The van der Waals surface area contributed by atoms with Gasteiger partial charge in [0.1, 0.15) is 0 Å². The summed E-state index contributed by atoms with van der Waals surface area (Å²) in [6, 6.07) is 4.31. The number of fused-ring (bicyclic) bond motifs is 1. The van der Waals surface area contributed by atoms with E-state index in [1.165, 1.54) is 27.6 Å². The average Bonchev–Trinajstić information content (AvgIpc) is 3.37. The van der Waals surface area contributed by atoms with E-state index < -0.39 is 5.54 Å². The summed E-state index contributed by atoms with van der Waals surface area (Å²) in [6.07, 6.45) is 7.32. The van der Waals surface area contributed by atoms with Gasteiger partial charge in [-0.1, -0.05) is 0 Å². The molecule has 9 nitrogen and oxygen atoms in total. The Labute approximate surface area is 186 Å². The first-order valence-electron chi connectivity index (χ1n) is 10.8. The topological polar surface area (TPSA) is 122 Å². The zero-order valence-electron chi connectivity index (χ0n) is 18.3. The first-order chi connectivity index (χ1) is 15.4. The van der Waals surface area contributed by atoms with Gasteiger partial charge in [-0.15, -0.1) is 0 Å². The molecule has 1 aliphatic heterocycles. The second kappa shape index (κ2) is 7.68. The smallest absolute Gasteiger partial charge is 0.254 e. The number of hydrogen-bond donors (Lipinski definition) is 3. The van der Waals surface area contributed by atoms with Crippen LogP contribution < -0.4 is 11.1 Å². The van der Waals surface area contributed by atoms with Gasteiger partial charge in [0.25, 0.3) is 5.91 Å². The molecular formula is C23H27N7O2. The summed E-state index contributed by atoms with van der Waals surface area (Å²) in [4.78, 5) is 23.9. The van der Waals surface area contributed by atoms with Crippen LogP contribution in [0.2, 0.25) is 0 Å². The second-order valence-corrected chi connectivity index (χ2v) is 8.95. The Hall–Kier alpha value is -3.30. The summed E-state index contributed by atoms with van der Waals surface area (Å²) >= 11 is 0. The minimum absolute atomic E-state index is 0.0661. The van der Waals surface area contributed by atoms with Crippen molar-refractivity contribution >= 4 is 11.7 Å². The molecule has 32 heavy (non-hydrogen) atoms. The molecular weight excluding hydrogens is 406 g/mol. The van der Waals surface area contributed by atoms with Gasteiger partial charge in [0, 0.05) is 24.8 Å². The lowest BCUT2D eigenvalue weighted by atomic mass is 9.92. The molecule has 0 unspecified atom stereocenters. The number of aryl methyl sites for hydroxylation is 1. The van der Waals surface area contributed by atoms with Crippen LogP contribution in [0.25, 0.3) is 17.1 Å². The Morgan fingerprint density at radius 1 is 1.31 bits per heavy atom. The number of aromatic nitrogens is 4. The number of nitrogens with zero attached hydrogens (tertiary/aromatic N) is 5. The molecule has 1 amide bonds. The Balaban J connectivity index is 1.45. The van der Waals surface area contributed by atoms with Gasteiger partial charge in [0.2, 0.25) is 0 Å². The summed E-state index contributed by atoms with van der Waals surface area (Å²) in [6.45, 7) is 4.04. The molecule has 3 aromatic rings. The number of carbonyl (C=O) groups excluding carboxylic acids is 1. The Morgan fingerprint density at radius 3 is 2.88 bits per heavy atom. The van der Waals surface area contributed by atoms with E-state index in [0.29, 0.717) is 17.1 Å². The molecule has 1 fully saturated rings. The van der Waals surface area contributed by atoms with Crippen LogP contribution in [0.4, 0.5) is 5.82 Å². The lowest BCUT2D eigenvalue weighted by Gasteiger charge is -2.27. The number of amides is 1. The molecule has 9 heteroatoms. The van der Waals surface area contributed by atoms with Gasteiger partial charge in [0.05, 0.1) is 35.8 Å². The average molecular weight is 434 g/mol. The molecule has 166 valence electrons. The molecule has 0 atom stereocenters. The first kappa shape index (κ1) is 20.6. The maximum atomic E-state index is 12.5. The van der Waals surface area contributed by atoms with Crippen LogP contribution in [-0.2, 0) is 13.0 Å². The van der Waals surface area contributed by atoms with E-state index in [9.17, 15) is 9.90 Å². The quantitative estimate of drug-likeness (QED) is 0.557. The van der Waals surface area contributed by atoms with E-state index in [1.807, 2.05) is 0 Å². The molecule has 0 bridgehead atoms. The van der Waals surface area contributed by atoms with Gasteiger partial charge in [-0.3, -0.25) is 4.79 Å². The largest absolute Gasteiger partial charge is 0.394 e. The highest BCUT2D eigenvalue weighted by molar-refractivity contribution is 5.94. The number of hydrogen-bond acceptors (Lipinski definition) is 7. The molecule has 1 saturated carbocycles. The summed E-state index contributed by atoms with van der Waals surface area (Å²) in [7, 11) is 2.13. The number of anilines is 1. The fourth-order valence-electron chi connectivity index (χ4n) is 4.25. The third-order valence-electron chi connectivity index (χ3n) is 6.42. The lowest BCUT2D eigenvalue weighted by molar-refractivity contribution is 0.0907. The van der Waals surface area contributed by atoms with Gasteiger partial charge in [-0.05, 0) is 62.1 Å². The first-order valence-corrected chi connectivity index (χ1v) is 10.8. The fraction of sp³-hybridized carbons (Fsp3) is 0.391. The Kier molecular flexibility index (Phi) is 4.94. The van der Waals surface area contributed by atoms with E-state index in [4.69, 9.17) is 10.7 Å². The predicted octanol–water partition coefficient (Wildman–Crippen LogP) is 1.46. The Bertz CT molecular complexity index is 1200. The summed E-state index contributed by atoms with van der Waals surface area (Å²) in [5.74, 6) is 0.324. The van der Waals surface area contributed by atoms with Gasteiger partial charge < -0.3 is 21.1 Å². The molecule has 0 saturated heterocycles. The lowest BCUT2D eigenvalue weighted by Crippen LogP contribution is -2.39. The minimum atomic E-state index is -0.490. The van der Waals surface area contributed by atoms with Crippen molar-refractivity contribution in [3.8, 4) is 17.1 Å². The SMILES string of the molecule is Cc1cc(-c2cnc(N)c(-n3cc(C(=O)NC4(CO)CC4)cn3)n2)cc2c1CCN(C)C2. The highest BCUT2D eigenvalue weighted by Crippen LogP contribution is 2.35. The number of nitrogen functional groups attached to an aromatic ring is 1. The molecule has 5 rings (SSSR count). The van der Waals surface area contributed by atoms with Crippen molar-refractivity contribution in [1.82, 2.24) is 30.0 Å². The van der Waals surface area contributed by atoms with Crippen LogP contribution in [0.3, 0.4) is 0 Å². The van der Waals surface area contributed by atoms with E-state index in [0.717, 1.165) is 37.9 Å². The Morgan fingerprint density at radius 2 is 2.12 bits per heavy atom. The minimum Gasteiger partial charge on any atom is -0.394 e. The molecule has 1 aliphatic carbocycles. The number of aliphatic hydroxyl groups is 1. The number of carbonyl (C=O) groups is 1. The van der Waals surface area contributed by atoms with Crippen molar-refractivity contribution in [2.45, 2.75) is 38.3 Å². The third-order valence-corrected chi connectivity index (χ3v) is 6.42. The third kappa shape index (κ3) is 3.74. The van der Waals surface area contributed by atoms with E-state index in [2.05, 4.69) is 46.4 Å². The van der Waals surface area contributed by atoms with Crippen LogP contribution in [0, 0.1) is 6.92 Å². The van der Waals surface area contributed by atoms with Crippen molar-refractivity contribution in [3.05, 3.63) is 53.0 Å². The van der Waals surface area contributed by atoms with Crippen molar-refractivity contribution < 1.29 is 9.90 Å². The van der Waals surface area contributed by atoms with Gasteiger partial charge in [0.15, 0.2) is 11.6 Å². The standard InChI is InChI=1S/C23H27N7O2/c1-14-7-15(8-16-11-29(2)6-3-18(14)16)19-10-25-20(24)21(27-19)30-12-17(9-26-30)22(32)28-23(13-31)4-5-23/h7-10,12,31H,3-6,11,13H2,1-2H3,(H2,24,25)(H,28,32). The molecule has 2 aromatic heterocycles. The van der Waals surface area contributed by atoms with Crippen LogP contribution in [0.1, 0.15) is 39.9 Å². The number of aliphatic hydroxyl groups excluding tert-OH is 1. The second-order valence-electron chi connectivity index (χ2n) is 8.95. The zero-order valence-corrected chi connectivity index (χ0v) is 18.3. The molecule has 1 aromatic carbocycles. The summed E-state index contributed by atoms with van der Waals surface area (Å²) in [5, 5.41) is 16.6. The van der Waals surface area contributed by atoms with E-state index in [1.54, 1.807) is 12.4 Å². The number of benzene rings is 1. The number of likely N-dealkylation sites (N-methyl/N-ethyl adjacent to an activating group) is 1.